The van der Waals surface area contributed by atoms with Crippen LogP contribution in [-0.2, 0) is 19.4 Å². The minimum atomic E-state index is -0.882. The summed E-state index contributed by atoms with van der Waals surface area (Å²) >= 11 is 0. The lowest BCUT2D eigenvalue weighted by molar-refractivity contribution is -0.158. The van der Waals surface area contributed by atoms with Crippen LogP contribution < -0.4 is 5.32 Å². The van der Waals surface area contributed by atoms with E-state index in [1.54, 1.807) is 20.8 Å². The highest BCUT2D eigenvalue weighted by Crippen LogP contribution is 2.08. The summed E-state index contributed by atoms with van der Waals surface area (Å²) in [6, 6.07) is -0.782. The molecule has 0 saturated heterocycles. The molecule has 0 unspecified atom stereocenters. The quantitative estimate of drug-likeness (QED) is 0.667. The summed E-state index contributed by atoms with van der Waals surface area (Å²) in [4.78, 5) is 21.9. The average Bonchev–Trinajstić information content (AvgIpc) is 2.00. The van der Waals surface area contributed by atoms with E-state index >= 15 is 0 Å². The zero-order chi connectivity index (χ0) is 11.4. The molecule has 0 rings (SSSR count). The maximum Gasteiger partial charge on any atom is 0.328 e. The van der Waals surface area contributed by atoms with Crippen LogP contribution in [0.3, 0.4) is 0 Å². The third kappa shape index (κ3) is 5.53. The number of nitrogens with one attached hydrogen (secondary N) is 1. The van der Waals surface area contributed by atoms with Gasteiger partial charge in [-0.1, -0.05) is 0 Å². The van der Waals surface area contributed by atoms with Gasteiger partial charge in [-0.3, -0.25) is 4.79 Å². The highest BCUT2D eigenvalue weighted by Gasteiger charge is 2.22. The minimum absolute atomic E-state index is 0.542. The zero-order valence-electron chi connectivity index (χ0n) is 8.92. The Hall–Kier alpha value is -1.10. The molecule has 0 aliphatic heterocycles. The van der Waals surface area contributed by atoms with Gasteiger partial charge >= 0.3 is 5.97 Å². The average molecular weight is 202 g/mol. The van der Waals surface area contributed by atoms with Crippen LogP contribution in [0.15, 0.2) is 0 Å². The fourth-order valence-corrected chi connectivity index (χ4v) is 0.732. The van der Waals surface area contributed by atoms with Crippen molar-refractivity contribution in [1.29, 1.82) is 0 Å². The van der Waals surface area contributed by atoms with Crippen LogP contribution in [0.4, 0.5) is 0 Å². The van der Waals surface area contributed by atoms with Crippen molar-refractivity contribution in [3.8, 4) is 0 Å². The lowest BCUT2D eigenvalue weighted by Gasteiger charge is -2.22. The summed E-state index contributed by atoms with van der Waals surface area (Å²) in [5, 5.41) is 12.3. The number of esters is 1. The van der Waals surface area contributed by atoms with Gasteiger partial charge in [0, 0.05) is 0 Å². The molecule has 81 valence electrons. The van der Waals surface area contributed by atoms with Crippen LogP contribution in [0.2, 0.25) is 0 Å². The monoisotopic (exact) mass is 202 g/mol. The van der Waals surface area contributed by atoms with Crippen molar-refractivity contribution in [2.24, 2.45) is 0 Å². The number of carbonyl (C=O) groups is 2. The highest BCUT2D eigenvalue weighted by atomic mass is 16.6. The molecule has 0 heterocycles. The molecule has 0 aromatic heterocycles. The van der Waals surface area contributed by atoms with Gasteiger partial charge in [0.2, 0.25) is 5.91 Å². The van der Waals surface area contributed by atoms with E-state index in [4.69, 9.17) is 4.74 Å². The van der Waals surface area contributed by atoms with E-state index in [1.165, 1.54) is 6.92 Å². The van der Waals surface area contributed by atoms with Crippen molar-refractivity contribution in [3.05, 3.63) is 0 Å². The van der Waals surface area contributed by atoms with E-state index in [-0.39, 0.29) is 0 Å². The zero-order valence-corrected chi connectivity index (χ0v) is 8.92. The fraction of sp³-hybridized carbons (Fsp3) is 0.778. The summed E-state index contributed by atoms with van der Waals surface area (Å²) < 4.78 is 4.99. The van der Waals surface area contributed by atoms with Gasteiger partial charge in [0.05, 0.1) is 0 Å². The Morgan fingerprint density at radius 2 is 1.86 bits per heavy atom. The Bertz CT molecular complexity index is 219. The van der Waals surface area contributed by atoms with Gasteiger partial charge in [0.1, 0.15) is 11.6 Å². The van der Waals surface area contributed by atoms with Gasteiger partial charge in [-0.2, -0.15) is 0 Å². The molecule has 0 aliphatic rings. The first-order chi connectivity index (χ1) is 6.26. The van der Waals surface area contributed by atoms with E-state index in [2.05, 4.69) is 5.32 Å². The van der Waals surface area contributed by atoms with Gasteiger partial charge < -0.3 is 10.1 Å². The lowest BCUT2D eigenvalue weighted by atomic mass is 10.2. The molecule has 0 fully saturated rings. The number of ether oxygens (including phenoxy) is 1. The highest BCUT2D eigenvalue weighted by molar-refractivity contribution is 5.84. The molecule has 1 atom stereocenters. The van der Waals surface area contributed by atoms with Crippen LogP contribution in [-0.4, -0.2) is 30.1 Å². The molecule has 5 heteroatoms. The maximum atomic E-state index is 11.3. The Labute approximate surface area is 83.4 Å². The third-order valence-electron chi connectivity index (χ3n) is 1.27. The van der Waals surface area contributed by atoms with Crippen molar-refractivity contribution in [2.75, 3.05) is 6.61 Å². The van der Waals surface area contributed by atoms with E-state index in [1.807, 2.05) is 0 Å². The van der Waals surface area contributed by atoms with Gasteiger partial charge in [-0.25, -0.2) is 9.90 Å². The number of rotatable bonds is 3. The number of hydrogen-bond acceptors (Lipinski definition) is 3. The van der Waals surface area contributed by atoms with Crippen LogP contribution in [0, 0.1) is 0 Å². The second-order valence-corrected chi connectivity index (χ2v) is 3.97. The number of amides is 1. The SMILES string of the molecule is C[C@@H](NC(=O)C[O])C(=O)OC(C)(C)C. The van der Waals surface area contributed by atoms with Crippen molar-refractivity contribution >= 4 is 11.9 Å². The predicted octanol–water partition coefficient (Wildman–Crippen LogP) is 0.263. The molecule has 5 nitrogen and oxygen atoms in total. The van der Waals surface area contributed by atoms with Gasteiger partial charge in [-0.05, 0) is 27.7 Å². The molecule has 0 aromatic carbocycles. The molecule has 0 saturated carbocycles. The number of carbonyl (C=O) groups excluding carboxylic acids is 2. The molecule has 0 spiro atoms. The van der Waals surface area contributed by atoms with Crippen molar-refractivity contribution in [1.82, 2.24) is 5.32 Å². The number of hydrogen-bond donors (Lipinski definition) is 1. The van der Waals surface area contributed by atoms with Crippen LogP contribution >= 0.6 is 0 Å². The molecular weight excluding hydrogens is 186 g/mol. The minimum Gasteiger partial charge on any atom is -0.458 e. The first-order valence-corrected chi connectivity index (χ1v) is 4.36. The Morgan fingerprint density at radius 1 is 1.36 bits per heavy atom. The van der Waals surface area contributed by atoms with Crippen LogP contribution in [0.25, 0.3) is 0 Å². The molecule has 0 aromatic rings. The second-order valence-electron chi connectivity index (χ2n) is 3.97. The Kier molecular flexibility index (Phi) is 4.56. The topological polar surface area (TPSA) is 75.3 Å². The molecule has 0 aliphatic carbocycles. The molecule has 1 radical (unpaired) electrons. The second kappa shape index (κ2) is 4.95. The summed E-state index contributed by atoms with van der Waals surface area (Å²) in [5.41, 5.74) is -0.590. The van der Waals surface area contributed by atoms with E-state index in [0.717, 1.165) is 0 Å². The standard InChI is InChI=1S/C9H16NO4/c1-6(10-7(12)5-11)8(13)14-9(2,3)4/h6H,5H2,1-4H3,(H,10,12)/t6-/m1/s1. The largest absolute Gasteiger partial charge is 0.458 e. The lowest BCUT2D eigenvalue weighted by Crippen LogP contribution is -2.43. The van der Waals surface area contributed by atoms with Crippen LogP contribution in [0.5, 0.6) is 0 Å². The van der Waals surface area contributed by atoms with Crippen LogP contribution in [0.1, 0.15) is 27.7 Å². The fourth-order valence-electron chi connectivity index (χ4n) is 0.732. The van der Waals surface area contributed by atoms with Crippen molar-refractivity contribution in [2.45, 2.75) is 39.3 Å². The molecule has 14 heavy (non-hydrogen) atoms. The Morgan fingerprint density at radius 3 is 2.21 bits per heavy atom. The normalized spacial score (nSPS) is 13.2. The van der Waals surface area contributed by atoms with Gasteiger partial charge in [0.15, 0.2) is 6.61 Å². The molecular formula is C9H16NO4. The van der Waals surface area contributed by atoms with E-state index in [9.17, 15) is 14.7 Å². The van der Waals surface area contributed by atoms with Crippen molar-refractivity contribution in [3.63, 3.8) is 0 Å². The maximum absolute atomic E-state index is 11.3. The summed E-state index contributed by atoms with van der Waals surface area (Å²) in [6.45, 7) is 5.78. The van der Waals surface area contributed by atoms with Gasteiger partial charge in [0.25, 0.3) is 0 Å². The van der Waals surface area contributed by atoms with Crippen molar-refractivity contribution < 1.29 is 19.4 Å². The Balaban J connectivity index is 4.07. The summed E-state index contributed by atoms with van der Waals surface area (Å²) in [5.74, 6) is -1.25. The summed E-state index contributed by atoms with van der Waals surface area (Å²) in [6.07, 6.45) is 0. The molecule has 1 N–H and O–H groups in total. The smallest absolute Gasteiger partial charge is 0.328 e. The predicted molar refractivity (Wildman–Crippen MR) is 49.0 cm³/mol. The third-order valence-corrected chi connectivity index (χ3v) is 1.27. The van der Waals surface area contributed by atoms with E-state index in [0.29, 0.717) is 0 Å². The van der Waals surface area contributed by atoms with E-state index < -0.39 is 30.1 Å². The van der Waals surface area contributed by atoms with Gasteiger partial charge in [-0.15, -0.1) is 0 Å². The summed E-state index contributed by atoms with van der Waals surface area (Å²) in [7, 11) is 0. The molecule has 0 bridgehead atoms. The first kappa shape index (κ1) is 12.9. The first-order valence-electron chi connectivity index (χ1n) is 4.36. The molecule has 1 amide bonds.